The van der Waals surface area contributed by atoms with E-state index in [2.05, 4.69) is 53.2 Å². The number of likely N-dealkylation sites (tertiary alicyclic amines) is 1. The summed E-state index contributed by atoms with van der Waals surface area (Å²) in [4.78, 5) is 19.0. The highest BCUT2D eigenvalue weighted by Crippen LogP contribution is 2.42. The van der Waals surface area contributed by atoms with E-state index in [0.29, 0.717) is 11.8 Å². The van der Waals surface area contributed by atoms with E-state index >= 15 is 0 Å². The number of hydrogen-bond donors (Lipinski definition) is 0. The number of rotatable bonds is 2. The minimum Gasteiger partial charge on any atom is -0.487 e. The zero-order valence-corrected chi connectivity index (χ0v) is 19.3. The highest BCUT2D eigenvalue weighted by Gasteiger charge is 2.42. The molecule has 3 aliphatic rings. The smallest absolute Gasteiger partial charge is 0.225 e. The SMILES string of the molecule is Cc1cc(-c2ccc3c(c2)CCC2(CCN(C(=O)C4CC4)CC2)O3)cc2cccnc12.Cl. The molecule has 6 rings (SSSR count). The number of carbonyl (C=O) groups is 1. The molecular formula is C27H29ClN2O2. The molecule has 1 saturated heterocycles. The monoisotopic (exact) mass is 448 g/mol. The fourth-order valence-corrected chi connectivity index (χ4v) is 5.32. The standard InChI is InChI=1S/C27H28N2O2.ClH/c1-18-15-23(17-22-3-2-12-28-25(18)22)20-6-7-24-21(16-20)8-9-27(31-24)10-13-29(14-11-27)26(30)19-4-5-19;/h2-3,6-7,12,15-17,19H,4-5,8-11,13-14H2,1H3;1H. The van der Waals surface area contributed by atoms with E-state index in [0.717, 1.165) is 62.9 Å². The molecule has 1 aliphatic carbocycles. The Bertz CT molecular complexity index is 1180. The van der Waals surface area contributed by atoms with Crippen molar-refractivity contribution in [2.75, 3.05) is 13.1 Å². The fraction of sp³-hybridized carbons (Fsp3) is 0.407. The first-order valence-electron chi connectivity index (χ1n) is 11.6. The van der Waals surface area contributed by atoms with Gasteiger partial charge in [0.05, 0.1) is 5.52 Å². The van der Waals surface area contributed by atoms with Gasteiger partial charge >= 0.3 is 0 Å². The Labute approximate surface area is 195 Å². The third kappa shape index (κ3) is 3.75. The summed E-state index contributed by atoms with van der Waals surface area (Å²) < 4.78 is 6.60. The molecule has 1 amide bonds. The molecule has 5 heteroatoms. The summed E-state index contributed by atoms with van der Waals surface area (Å²) in [7, 11) is 0. The first kappa shape index (κ1) is 21.3. The largest absolute Gasteiger partial charge is 0.487 e. The Balaban J connectivity index is 0.00000216. The summed E-state index contributed by atoms with van der Waals surface area (Å²) >= 11 is 0. The number of benzene rings is 2. The lowest BCUT2D eigenvalue weighted by Gasteiger charge is -2.44. The molecule has 3 aromatic rings. The number of halogens is 1. The summed E-state index contributed by atoms with van der Waals surface area (Å²) in [5.41, 5.74) is 5.93. The Morgan fingerprint density at radius 2 is 1.88 bits per heavy atom. The van der Waals surface area contributed by atoms with E-state index in [9.17, 15) is 4.79 Å². The van der Waals surface area contributed by atoms with Gasteiger partial charge in [0.25, 0.3) is 0 Å². The molecule has 2 aliphatic heterocycles. The van der Waals surface area contributed by atoms with E-state index in [1.807, 2.05) is 12.3 Å². The van der Waals surface area contributed by atoms with Crippen LogP contribution in [0.5, 0.6) is 5.75 Å². The van der Waals surface area contributed by atoms with Crippen molar-refractivity contribution in [3.63, 3.8) is 0 Å². The van der Waals surface area contributed by atoms with E-state index in [4.69, 9.17) is 4.74 Å². The van der Waals surface area contributed by atoms with E-state index < -0.39 is 0 Å². The van der Waals surface area contributed by atoms with Gasteiger partial charge in [-0.15, -0.1) is 12.4 Å². The Hall–Kier alpha value is -2.59. The highest BCUT2D eigenvalue weighted by atomic mass is 35.5. The highest BCUT2D eigenvalue weighted by molar-refractivity contribution is 5.87. The average Bonchev–Trinajstić information content (AvgIpc) is 3.64. The zero-order chi connectivity index (χ0) is 21.0. The van der Waals surface area contributed by atoms with E-state index in [-0.39, 0.29) is 18.0 Å². The predicted molar refractivity (Wildman–Crippen MR) is 129 cm³/mol. The zero-order valence-electron chi connectivity index (χ0n) is 18.5. The fourth-order valence-electron chi connectivity index (χ4n) is 5.32. The maximum atomic E-state index is 12.4. The molecule has 0 radical (unpaired) electrons. The quantitative estimate of drug-likeness (QED) is 0.503. The number of piperidine rings is 1. The van der Waals surface area contributed by atoms with Gasteiger partial charge in [-0.3, -0.25) is 9.78 Å². The average molecular weight is 449 g/mol. The van der Waals surface area contributed by atoms with Crippen LogP contribution in [0, 0.1) is 12.8 Å². The van der Waals surface area contributed by atoms with E-state index in [1.54, 1.807) is 0 Å². The van der Waals surface area contributed by atoms with Gasteiger partial charge in [0.1, 0.15) is 11.4 Å². The molecule has 1 spiro atoms. The molecule has 0 unspecified atom stereocenters. The van der Waals surface area contributed by atoms with Crippen LogP contribution in [0.1, 0.15) is 43.2 Å². The summed E-state index contributed by atoms with van der Waals surface area (Å²) in [6, 6.07) is 15.2. The second kappa shape index (κ2) is 8.08. The van der Waals surface area contributed by atoms with Crippen molar-refractivity contribution in [3.05, 3.63) is 59.8 Å². The van der Waals surface area contributed by atoms with Crippen molar-refractivity contribution in [1.29, 1.82) is 0 Å². The lowest BCUT2D eigenvalue weighted by molar-refractivity contribution is -0.136. The van der Waals surface area contributed by atoms with Gasteiger partial charge < -0.3 is 9.64 Å². The molecule has 3 heterocycles. The van der Waals surface area contributed by atoms with Crippen LogP contribution in [-0.4, -0.2) is 34.5 Å². The summed E-state index contributed by atoms with van der Waals surface area (Å²) in [6.07, 6.45) is 7.99. The minimum atomic E-state index is -0.0972. The number of aryl methyl sites for hydroxylation is 2. The van der Waals surface area contributed by atoms with Crippen LogP contribution in [0.15, 0.2) is 48.7 Å². The van der Waals surface area contributed by atoms with Crippen LogP contribution in [0.4, 0.5) is 0 Å². The Morgan fingerprint density at radius 3 is 2.66 bits per heavy atom. The van der Waals surface area contributed by atoms with Crippen LogP contribution in [0.3, 0.4) is 0 Å². The van der Waals surface area contributed by atoms with Crippen molar-refractivity contribution in [1.82, 2.24) is 9.88 Å². The van der Waals surface area contributed by atoms with Gasteiger partial charge in [0.2, 0.25) is 5.91 Å². The third-order valence-corrected chi connectivity index (χ3v) is 7.38. The van der Waals surface area contributed by atoms with Crippen molar-refractivity contribution < 1.29 is 9.53 Å². The summed E-state index contributed by atoms with van der Waals surface area (Å²) in [6.45, 7) is 3.81. The molecule has 166 valence electrons. The number of fused-ring (bicyclic) bond motifs is 2. The maximum Gasteiger partial charge on any atom is 0.225 e. The molecule has 2 aromatic carbocycles. The number of hydrogen-bond acceptors (Lipinski definition) is 3. The van der Waals surface area contributed by atoms with E-state index in [1.165, 1.54) is 27.6 Å². The molecule has 0 atom stereocenters. The molecule has 4 nitrogen and oxygen atoms in total. The number of nitrogens with zero attached hydrogens (tertiary/aromatic N) is 2. The lowest BCUT2D eigenvalue weighted by Crippen LogP contribution is -2.51. The molecule has 2 fully saturated rings. The predicted octanol–water partition coefficient (Wildman–Crippen LogP) is 5.73. The number of aromatic nitrogens is 1. The Kier molecular flexibility index (Phi) is 5.37. The molecule has 0 N–H and O–H groups in total. The molecule has 1 aromatic heterocycles. The number of amides is 1. The maximum absolute atomic E-state index is 12.4. The molecule has 0 bridgehead atoms. The van der Waals surface area contributed by atoms with Crippen molar-refractivity contribution in [3.8, 4) is 16.9 Å². The van der Waals surface area contributed by atoms with Crippen molar-refractivity contribution in [2.45, 2.75) is 51.0 Å². The normalized spacial score (nSPS) is 19.2. The number of carbonyl (C=O) groups excluding carboxylic acids is 1. The van der Waals surface area contributed by atoms with Crippen LogP contribution in [0.25, 0.3) is 22.0 Å². The van der Waals surface area contributed by atoms with Crippen molar-refractivity contribution in [2.24, 2.45) is 5.92 Å². The van der Waals surface area contributed by atoms with Gasteiger partial charge in [0.15, 0.2) is 0 Å². The van der Waals surface area contributed by atoms with Crippen LogP contribution >= 0.6 is 12.4 Å². The van der Waals surface area contributed by atoms with Gasteiger partial charge in [-0.25, -0.2) is 0 Å². The van der Waals surface area contributed by atoms with Gasteiger partial charge in [0, 0.05) is 43.4 Å². The molecular weight excluding hydrogens is 420 g/mol. The van der Waals surface area contributed by atoms with Crippen LogP contribution < -0.4 is 4.74 Å². The van der Waals surface area contributed by atoms with Crippen LogP contribution in [-0.2, 0) is 11.2 Å². The third-order valence-electron chi connectivity index (χ3n) is 7.38. The molecule has 32 heavy (non-hydrogen) atoms. The minimum absolute atomic E-state index is 0. The molecule has 1 saturated carbocycles. The first-order chi connectivity index (χ1) is 15.1. The van der Waals surface area contributed by atoms with Gasteiger partial charge in [-0.05, 0) is 85.2 Å². The van der Waals surface area contributed by atoms with Crippen molar-refractivity contribution >= 4 is 29.2 Å². The summed E-state index contributed by atoms with van der Waals surface area (Å²) in [5.74, 6) is 1.71. The van der Waals surface area contributed by atoms with Gasteiger partial charge in [-0.1, -0.05) is 12.1 Å². The van der Waals surface area contributed by atoms with Gasteiger partial charge in [-0.2, -0.15) is 0 Å². The Morgan fingerprint density at radius 1 is 1.06 bits per heavy atom. The lowest BCUT2D eigenvalue weighted by atomic mass is 9.82. The number of ether oxygens (including phenoxy) is 1. The number of pyridine rings is 1. The first-order valence-corrected chi connectivity index (χ1v) is 11.6. The summed E-state index contributed by atoms with van der Waals surface area (Å²) in [5, 5.41) is 1.18. The topological polar surface area (TPSA) is 42.4 Å². The second-order valence-corrected chi connectivity index (χ2v) is 9.58. The second-order valence-electron chi connectivity index (χ2n) is 9.58. The van der Waals surface area contributed by atoms with Crippen LogP contribution in [0.2, 0.25) is 0 Å².